The molecule has 2 bridgehead atoms. The summed E-state index contributed by atoms with van der Waals surface area (Å²) < 4.78 is 0. The van der Waals surface area contributed by atoms with Crippen molar-refractivity contribution in [3.05, 3.63) is 0 Å². The van der Waals surface area contributed by atoms with Gasteiger partial charge >= 0.3 is 0 Å². The van der Waals surface area contributed by atoms with Crippen molar-refractivity contribution in [2.45, 2.75) is 12.8 Å². The van der Waals surface area contributed by atoms with Gasteiger partial charge in [0.25, 0.3) is 5.95 Å². The number of aromatic nitrogens is 4. The Morgan fingerprint density at radius 2 is 2.19 bits per heavy atom. The fourth-order valence-electron chi connectivity index (χ4n) is 2.24. The molecule has 8 heteroatoms. The molecule has 4 heterocycles. The lowest BCUT2D eigenvalue weighted by atomic mass is 9.87. The second kappa shape index (κ2) is 4.75. The fourth-order valence-corrected chi connectivity index (χ4v) is 2.24. The molecule has 0 amide bonds. The highest BCUT2D eigenvalue weighted by Gasteiger charge is 2.30. The third kappa shape index (κ3) is 2.14. The highest BCUT2D eigenvalue weighted by atomic mass is 35.5. The summed E-state index contributed by atoms with van der Waals surface area (Å²) in [6.07, 6.45) is 2.46. The minimum Gasteiger partial charge on any atom is -0.298 e. The molecule has 3 saturated heterocycles. The highest BCUT2D eigenvalue weighted by Crippen LogP contribution is 2.25. The lowest BCUT2D eigenvalue weighted by Crippen LogP contribution is -2.48. The van der Waals surface area contributed by atoms with Crippen molar-refractivity contribution in [3.63, 3.8) is 0 Å². The topological polar surface area (TPSA) is 82.1 Å². The molecule has 16 heavy (non-hydrogen) atoms. The van der Waals surface area contributed by atoms with Crippen LogP contribution < -0.4 is 5.43 Å². The number of hydrazone groups is 1. The zero-order valence-electron chi connectivity index (χ0n) is 8.76. The largest absolute Gasteiger partial charge is 0.298 e. The smallest absolute Gasteiger partial charge is 0.283 e. The molecule has 0 aromatic carbocycles. The van der Waals surface area contributed by atoms with Crippen LogP contribution in [-0.4, -0.2) is 50.9 Å². The number of fused-ring (bicyclic) bond motifs is 3. The van der Waals surface area contributed by atoms with Crippen molar-refractivity contribution in [2.75, 3.05) is 25.1 Å². The predicted octanol–water partition coefficient (Wildman–Crippen LogP) is 0.115. The van der Waals surface area contributed by atoms with E-state index in [0.717, 1.165) is 6.54 Å². The zero-order chi connectivity index (χ0) is 10.1. The molecule has 0 atom stereocenters. The normalized spacial score (nSPS) is 30.1. The molecule has 3 aliphatic heterocycles. The number of nitrogens with one attached hydrogen (secondary N) is 2. The molecule has 1 aromatic rings. The first-order valence-corrected chi connectivity index (χ1v) is 5.20. The van der Waals surface area contributed by atoms with Gasteiger partial charge in [-0.2, -0.15) is 10.3 Å². The first-order valence-electron chi connectivity index (χ1n) is 5.20. The molecule has 88 valence electrons. The van der Waals surface area contributed by atoms with E-state index in [9.17, 15) is 0 Å². The molecule has 7 nitrogen and oxygen atoms in total. The van der Waals surface area contributed by atoms with E-state index < -0.39 is 0 Å². The summed E-state index contributed by atoms with van der Waals surface area (Å²) >= 11 is 0. The van der Waals surface area contributed by atoms with Crippen molar-refractivity contribution in [1.82, 2.24) is 25.5 Å². The van der Waals surface area contributed by atoms with Crippen molar-refractivity contribution in [2.24, 2.45) is 11.0 Å². The minimum atomic E-state index is 0. The Labute approximate surface area is 99.1 Å². The minimum absolute atomic E-state index is 0. The summed E-state index contributed by atoms with van der Waals surface area (Å²) in [5.41, 5.74) is 4.04. The molecular formula is C8H14ClN7. The number of aromatic amines is 1. The molecule has 3 aliphatic rings. The van der Waals surface area contributed by atoms with Gasteiger partial charge in [0, 0.05) is 12.5 Å². The van der Waals surface area contributed by atoms with E-state index in [2.05, 4.69) is 36.1 Å². The van der Waals surface area contributed by atoms with E-state index in [1.165, 1.54) is 31.6 Å². The summed E-state index contributed by atoms with van der Waals surface area (Å²) in [6, 6.07) is 0. The summed E-state index contributed by atoms with van der Waals surface area (Å²) in [6.45, 7) is 3.41. The summed E-state index contributed by atoms with van der Waals surface area (Å²) in [5, 5.41) is 17.8. The van der Waals surface area contributed by atoms with E-state index in [0.29, 0.717) is 11.9 Å². The highest BCUT2D eigenvalue weighted by molar-refractivity contribution is 5.90. The number of rotatable bonds is 2. The van der Waals surface area contributed by atoms with E-state index >= 15 is 0 Å². The Hall–Kier alpha value is -1.21. The van der Waals surface area contributed by atoms with Gasteiger partial charge in [0.1, 0.15) is 0 Å². The van der Waals surface area contributed by atoms with Crippen molar-refractivity contribution in [3.8, 4) is 0 Å². The molecule has 0 saturated carbocycles. The Bertz CT molecular complexity index is 354. The van der Waals surface area contributed by atoms with E-state index in [1.807, 2.05) is 0 Å². The molecule has 0 radical (unpaired) electrons. The molecular weight excluding hydrogens is 230 g/mol. The van der Waals surface area contributed by atoms with E-state index in [1.54, 1.807) is 0 Å². The second-order valence-electron chi connectivity index (χ2n) is 4.00. The molecule has 0 spiro atoms. The number of piperidine rings is 3. The van der Waals surface area contributed by atoms with E-state index in [4.69, 9.17) is 0 Å². The van der Waals surface area contributed by atoms with Crippen LogP contribution >= 0.6 is 12.4 Å². The quantitative estimate of drug-likeness (QED) is 0.721. The van der Waals surface area contributed by atoms with Gasteiger partial charge in [0.2, 0.25) is 0 Å². The fraction of sp³-hybridized carbons (Fsp3) is 0.750. The summed E-state index contributed by atoms with van der Waals surface area (Å²) in [7, 11) is 0. The van der Waals surface area contributed by atoms with Gasteiger partial charge in [-0.1, -0.05) is 5.10 Å². The van der Waals surface area contributed by atoms with E-state index in [-0.39, 0.29) is 12.4 Å². The number of H-pyrrole nitrogens is 1. The predicted molar refractivity (Wildman–Crippen MR) is 61.6 cm³/mol. The Kier molecular flexibility index (Phi) is 3.35. The Morgan fingerprint density at radius 3 is 2.75 bits per heavy atom. The van der Waals surface area contributed by atoms with Gasteiger partial charge < -0.3 is 0 Å². The number of anilines is 1. The Balaban J connectivity index is 0.000000963. The van der Waals surface area contributed by atoms with Crippen LogP contribution in [0.4, 0.5) is 5.95 Å². The van der Waals surface area contributed by atoms with Gasteiger partial charge in [-0.15, -0.1) is 17.5 Å². The number of hydrogen-bond acceptors (Lipinski definition) is 6. The standard InChI is InChI=1S/C8H13N7.ClH/c1-3-15-4-2-6(1)7(5-15)9-10-8-11-13-14-12-8;/h6H,1-5H2,(H2,10,11,12,13,14);1H/b9-7-;. The van der Waals surface area contributed by atoms with Crippen LogP contribution in [0.3, 0.4) is 0 Å². The molecule has 2 N–H and O–H groups in total. The SMILES string of the molecule is C1CN2CCC1/C(=N\Nc1nn[nH]n1)C2.Cl. The van der Waals surface area contributed by atoms with Crippen LogP contribution in [0.15, 0.2) is 5.10 Å². The summed E-state index contributed by atoms with van der Waals surface area (Å²) in [4.78, 5) is 2.43. The second-order valence-corrected chi connectivity index (χ2v) is 4.00. The van der Waals surface area contributed by atoms with Crippen LogP contribution in [-0.2, 0) is 0 Å². The maximum atomic E-state index is 4.35. The lowest BCUT2D eigenvalue weighted by Gasteiger charge is -2.39. The van der Waals surface area contributed by atoms with Crippen molar-refractivity contribution < 1.29 is 0 Å². The van der Waals surface area contributed by atoms with Gasteiger partial charge in [-0.3, -0.25) is 4.90 Å². The third-order valence-electron chi connectivity index (χ3n) is 3.09. The molecule has 0 aliphatic carbocycles. The zero-order valence-corrected chi connectivity index (χ0v) is 9.57. The maximum Gasteiger partial charge on any atom is 0.283 e. The number of tetrazole rings is 1. The van der Waals surface area contributed by atoms with Crippen LogP contribution in [0.2, 0.25) is 0 Å². The lowest BCUT2D eigenvalue weighted by molar-refractivity contribution is 0.200. The van der Waals surface area contributed by atoms with Crippen LogP contribution in [0, 0.1) is 5.92 Å². The molecule has 3 fully saturated rings. The maximum absolute atomic E-state index is 4.35. The molecule has 1 aromatic heterocycles. The summed E-state index contributed by atoms with van der Waals surface area (Å²) in [5.74, 6) is 1.08. The molecule has 4 rings (SSSR count). The van der Waals surface area contributed by atoms with Gasteiger partial charge in [0.15, 0.2) is 0 Å². The van der Waals surface area contributed by atoms with Crippen molar-refractivity contribution >= 4 is 24.1 Å². The van der Waals surface area contributed by atoms with Crippen LogP contribution in [0.25, 0.3) is 0 Å². The third-order valence-corrected chi connectivity index (χ3v) is 3.09. The Morgan fingerprint density at radius 1 is 1.38 bits per heavy atom. The average Bonchev–Trinajstić information content (AvgIpc) is 2.81. The van der Waals surface area contributed by atoms with Gasteiger partial charge in [0.05, 0.1) is 5.71 Å². The number of hydrogen-bond donors (Lipinski definition) is 2. The van der Waals surface area contributed by atoms with Gasteiger partial charge in [-0.05, 0) is 31.1 Å². The van der Waals surface area contributed by atoms with Crippen molar-refractivity contribution in [1.29, 1.82) is 0 Å². The monoisotopic (exact) mass is 243 g/mol. The average molecular weight is 244 g/mol. The van der Waals surface area contributed by atoms with Gasteiger partial charge in [-0.25, -0.2) is 5.43 Å². The first-order chi connectivity index (χ1) is 7.42. The number of nitrogens with zero attached hydrogens (tertiary/aromatic N) is 5. The number of halogens is 1. The van der Waals surface area contributed by atoms with Crippen LogP contribution in [0.5, 0.6) is 0 Å². The molecule has 0 unspecified atom stereocenters. The van der Waals surface area contributed by atoms with Crippen LogP contribution in [0.1, 0.15) is 12.8 Å². The first kappa shape index (κ1) is 11.3.